The van der Waals surface area contributed by atoms with Crippen molar-refractivity contribution in [2.75, 3.05) is 16.8 Å². The van der Waals surface area contributed by atoms with Gasteiger partial charge in [0.05, 0.1) is 23.6 Å². The summed E-state index contributed by atoms with van der Waals surface area (Å²) in [5.74, 6) is -0.0619. The van der Waals surface area contributed by atoms with Crippen LogP contribution in [0.3, 0.4) is 0 Å². The molecule has 0 bridgehead atoms. The normalized spacial score (nSPS) is 13.8. The number of hydrogen-bond donors (Lipinski definition) is 1. The van der Waals surface area contributed by atoms with Crippen molar-refractivity contribution in [2.45, 2.75) is 33.1 Å². The Morgan fingerprint density at radius 2 is 1.72 bits per heavy atom. The van der Waals surface area contributed by atoms with Crippen LogP contribution in [0.25, 0.3) is 5.57 Å². The van der Waals surface area contributed by atoms with Gasteiger partial charge >= 0.3 is 0 Å². The SMILES string of the molecule is CCCCc1ccc(N2C(=O)C(Nc3ccccc3OCC)=C(c3cccs3)C2=O)cc1. The zero-order valence-electron chi connectivity index (χ0n) is 18.3. The molecule has 6 heteroatoms. The van der Waals surface area contributed by atoms with Crippen molar-refractivity contribution < 1.29 is 14.3 Å². The lowest BCUT2D eigenvalue weighted by Gasteiger charge is -2.16. The van der Waals surface area contributed by atoms with Crippen molar-refractivity contribution in [1.29, 1.82) is 0 Å². The van der Waals surface area contributed by atoms with Crippen molar-refractivity contribution in [2.24, 2.45) is 0 Å². The first kappa shape index (κ1) is 21.8. The highest BCUT2D eigenvalue weighted by Crippen LogP contribution is 2.37. The Balaban J connectivity index is 1.70. The van der Waals surface area contributed by atoms with E-state index in [9.17, 15) is 9.59 Å². The third kappa shape index (κ3) is 4.32. The highest BCUT2D eigenvalue weighted by atomic mass is 32.1. The molecule has 0 atom stereocenters. The van der Waals surface area contributed by atoms with Crippen LogP contribution in [0.1, 0.15) is 37.1 Å². The summed E-state index contributed by atoms with van der Waals surface area (Å²) in [6.07, 6.45) is 3.22. The third-order valence-corrected chi connectivity index (χ3v) is 6.20. The summed E-state index contributed by atoms with van der Waals surface area (Å²) in [5, 5.41) is 5.10. The van der Waals surface area contributed by atoms with E-state index < -0.39 is 0 Å². The van der Waals surface area contributed by atoms with Crippen LogP contribution in [0.5, 0.6) is 5.75 Å². The van der Waals surface area contributed by atoms with Gasteiger partial charge in [0.1, 0.15) is 11.4 Å². The quantitative estimate of drug-likeness (QED) is 0.417. The third-order valence-electron chi connectivity index (χ3n) is 5.31. The second-order valence-electron chi connectivity index (χ2n) is 7.50. The Bertz CT molecular complexity index is 1130. The summed E-state index contributed by atoms with van der Waals surface area (Å²) in [6, 6.07) is 18.8. The molecule has 164 valence electrons. The van der Waals surface area contributed by atoms with E-state index >= 15 is 0 Å². The Labute approximate surface area is 192 Å². The van der Waals surface area contributed by atoms with E-state index in [-0.39, 0.29) is 17.5 Å². The Hall–Kier alpha value is -3.38. The molecule has 32 heavy (non-hydrogen) atoms. The van der Waals surface area contributed by atoms with E-state index in [0.717, 1.165) is 24.1 Å². The van der Waals surface area contributed by atoms with Gasteiger partial charge < -0.3 is 10.1 Å². The number of ether oxygens (including phenoxy) is 1. The number of aryl methyl sites for hydroxylation is 1. The van der Waals surface area contributed by atoms with Gasteiger partial charge in [-0.1, -0.05) is 43.7 Å². The lowest BCUT2D eigenvalue weighted by atomic mass is 10.1. The zero-order chi connectivity index (χ0) is 22.5. The van der Waals surface area contributed by atoms with Crippen LogP contribution in [-0.2, 0) is 16.0 Å². The number of anilines is 2. The van der Waals surface area contributed by atoms with Crippen LogP contribution in [-0.4, -0.2) is 18.4 Å². The largest absolute Gasteiger partial charge is 0.492 e. The number of carbonyl (C=O) groups excluding carboxylic acids is 2. The molecule has 0 radical (unpaired) electrons. The lowest BCUT2D eigenvalue weighted by Crippen LogP contribution is -2.32. The number of hydrogen-bond acceptors (Lipinski definition) is 5. The molecule has 1 aromatic heterocycles. The number of benzene rings is 2. The van der Waals surface area contributed by atoms with Gasteiger partial charge in [-0.2, -0.15) is 0 Å². The fourth-order valence-corrected chi connectivity index (χ4v) is 4.48. The number of amides is 2. The van der Waals surface area contributed by atoms with E-state index in [1.54, 1.807) is 0 Å². The van der Waals surface area contributed by atoms with Crippen molar-refractivity contribution in [3.63, 3.8) is 0 Å². The number of para-hydroxylation sites is 2. The second kappa shape index (κ2) is 9.83. The van der Waals surface area contributed by atoms with Crippen molar-refractivity contribution >= 4 is 40.1 Å². The smallest absolute Gasteiger partial charge is 0.282 e. The molecule has 0 spiro atoms. The van der Waals surface area contributed by atoms with E-state index in [2.05, 4.69) is 12.2 Å². The van der Waals surface area contributed by atoms with Crippen LogP contribution >= 0.6 is 11.3 Å². The minimum Gasteiger partial charge on any atom is -0.492 e. The lowest BCUT2D eigenvalue weighted by molar-refractivity contribution is -0.120. The van der Waals surface area contributed by atoms with Crippen molar-refractivity contribution in [1.82, 2.24) is 0 Å². The molecule has 0 saturated heterocycles. The highest BCUT2D eigenvalue weighted by Gasteiger charge is 2.40. The molecule has 1 aliphatic heterocycles. The Morgan fingerprint density at radius 3 is 2.41 bits per heavy atom. The number of unbranched alkanes of at least 4 members (excludes halogenated alkanes) is 1. The minimum absolute atomic E-state index is 0.264. The topological polar surface area (TPSA) is 58.6 Å². The molecule has 0 fully saturated rings. The molecule has 0 aliphatic carbocycles. The minimum atomic E-state index is -0.369. The summed E-state index contributed by atoms with van der Waals surface area (Å²) in [4.78, 5) is 29.0. The van der Waals surface area contributed by atoms with Gasteiger partial charge in [0.2, 0.25) is 0 Å². The van der Waals surface area contributed by atoms with Crippen LogP contribution in [0.15, 0.2) is 71.7 Å². The molecule has 4 rings (SSSR count). The molecule has 1 aliphatic rings. The molecular weight excluding hydrogens is 420 g/mol. The summed E-state index contributed by atoms with van der Waals surface area (Å²) < 4.78 is 5.70. The summed E-state index contributed by atoms with van der Waals surface area (Å²) in [7, 11) is 0. The predicted octanol–water partition coefficient (Wildman–Crippen LogP) is 5.89. The number of thiophene rings is 1. The predicted molar refractivity (Wildman–Crippen MR) is 130 cm³/mol. The fraction of sp³-hybridized carbons (Fsp3) is 0.231. The number of rotatable bonds is 9. The Kier molecular flexibility index (Phi) is 6.71. The van der Waals surface area contributed by atoms with E-state index in [0.29, 0.717) is 29.3 Å². The molecule has 0 unspecified atom stereocenters. The molecule has 0 saturated carbocycles. The molecular formula is C26H26N2O3S. The maximum atomic E-state index is 13.5. The maximum Gasteiger partial charge on any atom is 0.282 e. The highest BCUT2D eigenvalue weighted by molar-refractivity contribution is 7.11. The van der Waals surface area contributed by atoms with Gasteiger partial charge in [0.25, 0.3) is 11.8 Å². The first-order valence-electron chi connectivity index (χ1n) is 10.9. The number of imide groups is 1. The zero-order valence-corrected chi connectivity index (χ0v) is 19.1. The number of carbonyl (C=O) groups is 2. The van der Waals surface area contributed by atoms with E-state index in [4.69, 9.17) is 4.74 Å². The van der Waals surface area contributed by atoms with Gasteiger partial charge in [-0.05, 0) is 61.0 Å². The maximum absolute atomic E-state index is 13.5. The van der Waals surface area contributed by atoms with Crippen LogP contribution in [0, 0.1) is 0 Å². The molecule has 2 amide bonds. The van der Waals surface area contributed by atoms with Gasteiger partial charge in [0, 0.05) is 4.88 Å². The summed E-state index contributed by atoms with van der Waals surface area (Å²) >= 11 is 1.43. The van der Waals surface area contributed by atoms with Gasteiger partial charge in [-0.3, -0.25) is 9.59 Å². The van der Waals surface area contributed by atoms with Gasteiger partial charge in [-0.15, -0.1) is 11.3 Å². The van der Waals surface area contributed by atoms with Crippen molar-refractivity contribution in [3.8, 4) is 5.75 Å². The summed E-state index contributed by atoms with van der Waals surface area (Å²) in [6.45, 7) is 4.56. The van der Waals surface area contributed by atoms with Gasteiger partial charge in [-0.25, -0.2) is 4.90 Å². The molecule has 2 aromatic carbocycles. The van der Waals surface area contributed by atoms with E-state index in [1.165, 1.54) is 21.8 Å². The fourth-order valence-electron chi connectivity index (χ4n) is 3.71. The standard InChI is InChI=1S/C26H26N2O3S/c1-3-5-9-18-13-15-19(16-14-18)28-25(29)23(22-12-8-17-32-22)24(26(28)30)27-20-10-6-7-11-21(20)31-4-2/h6-8,10-17,27H,3-5,9H2,1-2H3. The average molecular weight is 447 g/mol. The van der Waals surface area contributed by atoms with Crippen molar-refractivity contribution in [3.05, 3.63) is 82.2 Å². The number of nitrogens with zero attached hydrogens (tertiary/aromatic N) is 1. The van der Waals surface area contributed by atoms with Crippen LogP contribution in [0.2, 0.25) is 0 Å². The van der Waals surface area contributed by atoms with Crippen LogP contribution in [0.4, 0.5) is 11.4 Å². The first-order chi connectivity index (χ1) is 15.6. The second-order valence-corrected chi connectivity index (χ2v) is 8.44. The Morgan fingerprint density at radius 1 is 0.938 bits per heavy atom. The number of nitrogens with one attached hydrogen (secondary N) is 1. The molecule has 1 N–H and O–H groups in total. The van der Waals surface area contributed by atoms with E-state index in [1.807, 2.05) is 73.0 Å². The molecule has 3 aromatic rings. The van der Waals surface area contributed by atoms with Crippen LogP contribution < -0.4 is 15.0 Å². The first-order valence-corrected chi connectivity index (χ1v) is 11.8. The average Bonchev–Trinajstić information content (AvgIpc) is 3.41. The monoisotopic (exact) mass is 446 g/mol. The molecule has 5 nitrogen and oxygen atoms in total. The summed E-state index contributed by atoms with van der Waals surface area (Å²) in [5.41, 5.74) is 3.07. The molecule has 2 heterocycles. The van der Waals surface area contributed by atoms with Gasteiger partial charge in [0.15, 0.2) is 0 Å².